The predicted molar refractivity (Wildman–Crippen MR) is 391 cm³/mol. The van der Waals surface area contributed by atoms with Crippen LogP contribution >= 0.6 is 15.6 Å². The molecule has 0 bridgehead atoms. The van der Waals surface area contributed by atoms with Crippen molar-refractivity contribution in [3.05, 3.63) is 36.5 Å². The van der Waals surface area contributed by atoms with Gasteiger partial charge in [0.2, 0.25) is 0 Å². The Hall–Kier alpha value is -2.72. The largest absolute Gasteiger partial charge is 0.472 e. The van der Waals surface area contributed by atoms with Crippen LogP contribution in [-0.2, 0) is 65.4 Å². The zero-order chi connectivity index (χ0) is 70.4. The van der Waals surface area contributed by atoms with Crippen molar-refractivity contribution in [3.8, 4) is 0 Å². The van der Waals surface area contributed by atoms with Crippen molar-refractivity contribution in [2.24, 2.45) is 0 Å². The van der Waals surface area contributed by atoms with Gasteiger partial charge in [0, 0.05) is 25.7 Å². The van der Waals surface area contributed by atoms with E-state index < -0.39 is 97.5 Å². The van der Waals surface area contributed by atoms with E-state index in [0.29, 0.717) is 25.7 Å². The molecule has 0 rings (SSSR count). The van der Waals surface area contributed by atoms with E-state index in [9.17, 15) is 43.2 Å². The number of unbranched alkanes of at least 4 members (excludes halogenated alkanes) is 43. The van der Waals surface area contributed by atoms with Crippen molar-refractivity contribution in [1.82, 2.24) is 0 Å². The van der Waals surface area contributed by atoms with Crippen LogP contribution in [0.2, 0.25) is 0 Å². The summed E-state index contributed by atoms with van der Waals surface area (Å²) in [6.45, 7) is 4.90. The number of phosphoric acid groups is 2. The summed E-state index contributed by atoms with van der Waals surface area (Å²) >= 11 is 0. The molecule has 0 amide bonds. The summed E-state index contributed by atoms with van der Waals surface area (Å²) in [6, 6.07) is 0. The minimum Gasteiger partial charge on any atom is -0.462 e. The van der Waals surface area contributed by atoms with Gasteiger partial charge in [-0.1, -0.05) is 302 Å². The van der Waals surface area contributed by atoms with E-state index >= 15 is 0 Å². The summed E-state index contributed by atoms with van der Waals surface area (Å²) in [5.74, 6) is -2.15. The van der Waals surface area contributed by atoms with Gasteiger partial charge in [-0.25, -0.2) is 9.13 Å². The Balaban J connectivity index is 5.30. The van der Waals surface area contributed by atoms with Gasteiger partial charge in [0.25, 0.3) is 0 Å². The van der Waals surface area contributed by atoms with E-state index in [2.05, 4.69) is 64.2 Å². The van der Waals surface area contributed by atoms with Gasteiger partial charge in [-0.3, -0.25) is 37.3 Å². The van der Waals surface area contributed by atoms with E-state index in [1.54, 1.807) is 0 Å². The van der Waals surface area contributed by atoms with Crippen LogP contribution in [0.3, 0.4) is 0 Å². The van der Waals surface area contributed by atoms with Crippen LogP contribution in [0.4, 0.5) is 0 Å². The molecule has 96 heavy (non-hydrogen) atoms. The maximum Gasteiger partial charge on any atom is 0.472 e. The molecule has 17 nitrogen and oxygen atoms in total. The van der Waals surface area contributed by atoms with Gasteiger partial charge in [-0.05, 0) is 83.5 Å². The highest BCUT2D eigenvalue weighted by molar-refractivity contribution is 7.47. The summed E-state index contributed by atoms with van der Waals surface area (Å²) in [4.78, 5) is 72.8. The number of aliphatic hydroxyl groups excluding tert-OH is 1. The molecule has 19 heteroatoms. The second kappa shape index (κ2) is 70.7. The Morgan fingerprint density at radius 3 is 0.812 bits per heavy atom. The highest BCUT2D eigenvalue weighted by Gasteiger charge is 2.30. The molecular weight excluding hydrogens is 1260 g/mol. The molecule has 0 aromatic rings. The first-order chi connectivity index (χ1) is 46.7. The molecule has 0 aromatic carbocycles. The minimum atomic E-state index is -4.96. The Labute approximate surface area is 585 Å². The third kappa shape index (κ3) is 69.7. The quantitative estimate of drug-likeness (QED) is 0.0169. The lowest BCUT2D eigenvalue weighted by Gasteiger charge is -2.21. The average Bonchev–Trinajstić information content (AvgIpc) is 1.14. The number of hydrogen-bond donors (Lipinski definition) is 3. The number of carbonyl (C=O) groups is 4. The molecular formula is C77H144O17P2. The van der Waals surface area contributed by atoms with E-state index in [1.807, 2.05) is 0 Å². The molecule has 0 radical (unpaired) electrons. The van der Waals surface area contributed by atoms with E-state index in [4.69, 9.17) is 37.0 Å². The summed E-state index contributed by atoms with van der Waals surface area (Å²) in [6.07, 6.45) is 65.5. The molecule has 0 heterocycles. The molecule has 0 aliphatic rings. The Morgan fingerprint density at radius 2 is 0.510 bits per heavy atom. The van der Waals surface area contributed by atoms with Crippen molar-refractivity contribution < 1.29 is 80.2 Å². The van der Waals surface area contributed by atoms with Gasteiger partial charge in [0.15, 0.2) is 12.2 Å². The number of allylic oxidation sites excluding steroid dienone is 6. The third-order valence-corrected chi connectivity index (χ3v) is 19.0. The molecule has 0 aliphatic carbocycles. The maximum atomic E-state index is 13.1. The van der Waals surface area contributed by atoms with Crippen LogP contribution in [0.15, 0.2) is 36.5 Å². The number of esters is 4. The van der Waals surface area contributed by atoms with Gasteiger partial charge in [-0.2, -0.15) is 0 Å². The first-order valence-electron chi connectivity index (χ1n) is 39.2. The lowest BCUT2D eigenvalue weighted by molar-refractivity contribution is -0.161. The van der Waals surface area contributed by atoms with Crippen LogP contribution < -0.4 is 0 Å². The lowest BCUT2D eigenvalue weighted by atomic mass is 10.0. The molecule has 0 saturated heterocycles. The first kappa shape index (κ1) is 93.3. The van der Waals surface area contributed by atoms with E-state index in [0.717, 1.165) is 135 Å². The lowest BCUT2D eigenvalue weighted by Crippen LogP contribution is -2.30. The minimum absolute atomic E-state index is 0.101. The standard InChI is InChI=1S/C77H144O17P2/c1-5-9-13-17-21-25-29-33-35-39-41-45-49-53-57-61-74(79)87-67-72(93-76(81)63-59-55-51-47-43-37-31-27-23-19-15-11-7-3)69-91-95(83,84)89-65-71(78)66-90-96(85,86)92-70-73(94-77(82)64-60-56-52-48-44-38-32-28-24-20-16-12-8-4)68-88-75(80)62-58-54-50-46-42-40-36-34-30-26-22-18-14-10-6-2/h21,25-26,30,33,35,71-73,78H,5-20,22-24,27-29,31-32,34,36-70H2,1-4H3,(H,83,84)(H,85,86)/b25-21-,30-26-,35-33-/t71-,72-,73-/m1/s1. The number of aliphatic hydroxyl groups is 1. The Kier molecular flexibility index (Phi) is 68.7. The van der Waals surface area contributed by atoms with Gasteiger partial charge in [0.1, 0.15) is 19.3 Å². The summed E-state index contributed by atoms with van der Waals surface area (Å²) in [5.41, 5.74) is 0. The fourth-order valence-corrected chi connectivity index (χ4v) is 12.7. The number of ether oxygens (including phenoxy) is 4. The molecule has 2 unspecified atom stereocenters. The van der Waals surface area contributed by atoms with Crippen molar-refractivity contribution in [3.63, 3.8) is 0 Å². The first-order valence-corrected chi connectivity index (χ1v) is 42.2. The highest BCUT2D eigenvalue weighted by atomic mass is 31.2. The van der Waals surface area contributed by atoms with Crippen LogP contribution in [0.25, 0.3) is 0 Å². The van der Waals surface area contributed by atoms with Crippen LogP contribution in [0, 0.1) is 0 Å². The highest BCUT2D eigenvalue weighted by Crippen LogP contribution is 2.45. The van der Waals surface area contributed by atoms with Gasteiger partial charge < -0.3 is 33.8 Å². The number of hydrogen-bond acceptors (Lipinski definition) is 15. The van der Waals surface area contributed by atoms with Crippen LogP contribution in [0.1, 0.15) is 374 Å². The second-order valence-electron chi connectivity index (χ2n) is 26.7. The maximum absolute atomic E-state index is 13.1. The molecule has 0 saturated carbocycles. The molecule has 0 aromatic heterocycles. The topological polar surface area (TPSA) is 237 Å². The number of carbonyl (C=O) groups excluding carboxylic acids is 4. The zero-order valence-electron chi connectivity index (χ0n) is 61.6. The third-order valence-electron chi connectivity index (χ3n) is 17.1. The van der Waals surface area contributed by atoms with Gasteiger partial charge in [-0.15, -0.1) is 0 Å². The monoisotopic (exact) mass is 1400 g/mol. The van der Waals surface area contributed by atoms with Crippen molar-refractivity contribution in [2.45, 2.75) is 393 Å². The molecule has 5 atom stereocenters. The average molecular weight is 1400 g/mol. The summed E-state index contributed by atoms with van der Waals surface area (Å²) < 4.78 is 68.5. The Morgan fingerprint density at radius 1 is 0.292 bits per heavy atom. The predicted octanol–water partition coefficient (Wildman–Crippen LogP) is 22.3. The Bertz CT molecular complexity index is 1970. The smallest absolute Gasteiger partial charge is 0.462 e. The van der Waals surface area contributed by atoms with E-state index in [-0.39, 0.29) is 25.7 Å². The SMILES string of the molecule is CCCCC/C=C\C/C=C\CCCCCCCC(=O)OC[C@H](COP(=O)(O)OC[C@@H](O)COP(=O)(O)OC[C@@H](COC(=O)CCCCCCCCC/C=C\CCCCCC)OC(=O)CCCCCCCCCCCCCCC)OC(=O)CCCCCCCCCCCCCCC. The number of rotatable bonds is 75. The fourth-order valence-electron chi connectivity index (χ4n) is 11.1. The zero-order valence-corrected chi connectivity index (χ0v) is 63.4. The molecule has 0 spiro atoms. The molecule has 0 fully saturated rings. The van der Waals surface area contributed by atoms with Crippen molar-refractivity contribution in [2.75, 3.05) is 39.6 Å². The molecule has 3 N–H and O–H groups in total. The molecule has 564 valence electrons. The number of phosphoric ester groups is 2. The van der Waals surface area contributed by atoms with Gasteiger partial charge >= 0.3 is 39.5 Å². The summed E-state index contributed by atoms with van der Waals surface area (Å²) in [7, 11) is -9.93. The normalized spacial score (nSPS) is 14.1. The van der Waals surface area contributed by atoms with Crippen LogP contribution in [0.5, 0.6) is 0 Å². The van der Waals surface area contributed by atoms with Crippen molar-refractivity contribution >= 4 is 39.5 Å². The van der Waals surface area contributed by atoms with Gasteiger partial charge in [0.05, 0.1) is 26.4 Å². The van der Waals surface area contributed by atoms with Crippen LogP contribution in [-0.4, -0.2) is 96.7 Å². The summed E-state index contributed by atoms with van der Waals surface area (Å²) in [5, 5.41) is 10.6. The van der Waals surface area contributed by atoms with E-state index in [1.165, 1.54) is 161 Å². The second-order valence-corrected chi connectivity index (χ2v) is 29.6. The van der Waals surface area contributed by atoms with Crippen molar-refractivity contribution in [1.29, 1.82) is 0 Å². The fraction of sp³-hybridized carbons (Fsp3) is 0.870. The molecule has 0 aliphatic heterocycles.